The fraction of sp³-hybridized carbons (Fsp3) is 0.208. The normalized spacial score (nSPS) is 17.6. The van der Waals surface area contributed by atoms with Crippen molar-refractivity contribution in [2.45, 2.75) is 32.2 Å². The van der Waals surface area contributed by atoms with Gasteiger partial charge in [-0.2, -0.15) is 5.10 Å². The van der Waals surface area contributed by atoms with Crippen LogP contribution in [0.15, 0.2) is 66.0 Å². The van der Waals surface area contributed by atoms with E-state index < -0.39 is 6.04 Å². The van der Waals surface area contributed by atoms with Crippen molar-refractivity contribution in [2.24, 2.45) is 0 Å². The summed E-state index contributed by atoms with van der Waals surface area (Å²) < 4.78 is 1.70. The van der Waals surface area contributed by atoms with Crippen molar-refractivity contribution in [1.29, 1.82) is 0 Å². The van der Waals surface area contributed by atoms with Crippen LogP contribution in [0, 0.1) is 6.92 Å². The zero-order valence-electron chi connectivity index (χ0n) is 17.0. The number of nitrogens with one attached hydrogen (secondary N) is 2. The zero-order chi connectivity index (χ0) is 21.5. The number of allylic oxidation sites excluding steroid dienone is 2. The van der Waals surface area contributed by atoms with Crippen LogP contribution >= 0.6 is 11.6 Å². The molecule has 2 aromatic carbocycles. The second-order valence-corrected chi connectivity index (χ2v) is 8.30. The van der Waals surface area contributed by atoms with Crippen LogP contribution in [0.2, 0.25) is 5.02 Å². The number of halogens is 1. The molecule has 1 amide bonds. The summed E-state index contributed by atoms with van der Waals surface area (Å²) in [6.45, 7) is 2.00. The van der Waals surface area contributed by atoms with Crippen molar-refractivity contribution < 1.29 is 9.59 Å². The van der Waals surface area contributed by atoms with Gasteiger partial charge in [-0.05, 0) is 43.5 Å². The Bertz CT molecular complexity index is 1230. The van der Waals surface area contributed by atoms with Crippen LogP contribution in [-0.4, -0.2) is 21.5 Å². The number of nitrogens with zero attached hydrogens (tertiary/aromatic N) is 2. The molecule has 0 radical (unpaired) electrons. The van der Waals surface area contributed by atoms with Gasteiger partial charge in [0, 0.05) is 28.4 Å². The number of amides is 1. The van der Waals surface area contributed by atoms with Gasteiger partial charge in [0.1, 0.15) is 17.4 Å². The number of rotatable bonds is 3. The number of anilines is 2. The van der Waals surface area contributed by atoms with Crippen molar-refractivity contribution in [3.05, 3.63) is 87.7 Å². The summed E-state index contributed by atoms with van der Waals surface area (Å²) in [7, 11) is 0. The third-order valence-electron chi connectivity index (χ3n) is 5.79. The second kappa shape index (κ2) is 7.71. The minimum absolute atomic E-state index is 0.0884. The molecule has 1 aromatic heterocycles. The lowest BCUT2D eigenvalue weighted by atomic mass is 9.85. The van der Waals surface area contributed by atoms with Crippen molar-refractivity contribution >= 4 is 34.8 Å². The predicted octanol–water partition coefficient (Wildman–Crippen LogP) is 5.12. The topological polar surface area (TPSA) is 76.0 Å². The van der Waals surface area contributed by atoms with Crippen LogP contribution in [0.25, 0.3) is 0 Å². The van der Waals surface area contributed by atoms with Crippen LogP contribution < -0.4 is 10.6 Å². The van der Waals surface area contributed by atoms with Crippen molar-refractivity contribution in [2.75, 3.05) is 10.6 Å². The monoisotopic (exact) mass is 432 g/mol. The van der Waals surface area contributed by atoms with Gasteiger partial charge in [-0.3, -0.25) is 9.59 Å². The van der Waals surface area contributed by atoms with Gasteiger partial charge in [0.2, 0.25) is 0 Å². The number of hydrogen-bond acceptors (Lipinski definition) is 4. The van der Waals surface area contributed by atoms with Gasteiger partial charge in [-0.15, -0.1) is 0 Å². The summed E-state index contributed by atoms with van der Waals surface area (Å²) in [5.41, 5.74) is 4.57. The molecular formula is C24H21ClN4O2. The summed E-state index contributed by atoms with van der Waals surface area (Å²) in [6, 6.07) is 14.6. The van der Waals surface area contributed by atoms with E-state index in [-0.39, 0.29) is 11.7 Å². The van der Waals surface area contributed by atoms with Gasteiger partial charge in [0.25, 0.3) is 5.91 Å². The first-order chi connectivity index (χ1) is 15.0. The van der Waals surface area contributed by atoms with E-state index in [1.807, 2.05) is 49.4 Å². The van der Waals surface area contributed by atoms with E-state index in [0.29, 0.717) is 34.1 Å². The van der Waals surface area contributed by atoms with Gasteiger partial charge in [-0.25, -0.2) is 4.68 Å². The molecule has 6 nitrogen and oxygen atoms in total. The number of carbonyl (C=O) groups excluding carboxylic acids is 2. The summed E-state index contributed by atoms with van der Waals surface area (Å²) in [5, 5.41) is 11.3. The fourth-order valence-electron chi connectivity index (χ4n) is 4.24. The van der Waals surface area contributed by atoms with Crippen LogP contribution in [0.3, 0.4) is 0 Å². The molecule has 2 N–H and O–H groups in total. The maximum atomic E-state index is 13.1. The average molecular weight is 433 g/mol. The SMILES string of the molecule is Cc1ccc(NC(=O)c2cnn3c2NC2=C(C(=O)CCC2)[C@H]3c2ccccc2Cl)cc1. The average Bonchev–Trinajstić information content (AvgIpc) is 3.18. The molecule has 5 rings (SSSR count). The maximum Gasteiger partial charge on any atom is 0.261 e. The molecule has 0 bridgehead atoms. The number of benzene rings is 2. The molecule has 0 fully saturated rings. The molecule has 7 heteroatoms. The summed E-state index contributed by atoms with van der Waals surface area (Å²) in [4.78, 5) is 25.9. The Morgan fingerprint density at radius 3 is 2.71 bits per heavy atom. The van der Waals surface area contributed by atoms with Gasteiger partial charge < -0.3 is 10.6 Å². The first-order valence-corrected chi connectivity index (χ1v) is 10.6. The lowest BCUT2D eigenvalue weighted by Gasteiger charge is -2.33. The molecule has 1 aliphatic heterocycles. The van der Waals surface area contributed by atoms with Crippen molar-refractivity contribution in [1.82, 2.24) is 9.78 Å². The standard InChI is InChI=1S/C24H21ClN4O2/c1-14-9-11-15(12-10-14)27-24(31)17-13-26-29-22(16-5-2-3-6-18(16)25)21-19(28-23(17)29)7-4-8-20(21)30/h2-3,5-6,9-13,22,28H,4,7-8H2,1H3,(H,27,31)/t22-/m1/s1. The van der Waals surface area contributed by atoms with Crippen LogP contribution in [-0.2, 0) is 4.79 Å². The Morgan fingerprint density at radius 1 is 1.16 bits per heavy atom. The minimum Gasteiger partial charge on any atom is -0.343 e. The number of hydrogen-bond donors (Lipinski definition) is 2. The second-order valence-electron chi connectivity index (χ2n) is 7.89. The van der Waals surface area contributed by atoms with Crippen LogP contribution in [0.4, 0.5) is 11.5 Å². The quantitative estimate of drug-likeness (QED) is 0.602. The number of fused-ring (bicyclic) bond motifs is 1. The predicted molar refractivity (Wildman–Crippen MR) is 120 cm³/mol. The molecule has 1 atom stereocenters. The highest BCUT2D eigenvalue weighted by Gasteiger charge is 2.38. The van der Waals surface area contributed by atoms with E-state index >= 15 is 0 Å². The lowest BCUT2D eigenvalue weighted by Crippen LogP contribution is -2.32. The molecular weight excluding hydrogens is 412 g/mol. The molecule has 0 saturated carbocycles. The molecule has 31 heavy (non-hydrogen) atoms. The number of carbonyl (C=O) groups is 2. The molecule has 2 heterocycles. The third kappa shape index (κ3) is 3.43. The highest BCUT2D eigenvalue weighted by atomic mass is 35.5. The molecule has 0 spiro atoms. The molecule has 156 valence electrons. The Kier molecular flexibility index (Phi) is 4.87. The van der Waals surface area contributed by atoms with Gasteiger partial charge in [-0.1, -0.05) is 47.5 Å². The number of Topliss-reactive ketones (excluding diaryl/α,β-unsaturated/α-hetero) is 1. The Morgan fingerprint density at radius 2 is 1.94 bits per heavy atom. The number of aromatic nitrogens is 2. The summed E-state index contributed by atoms with van der Waals surface area (Å²) in [5.74, 6) is 0.398. The molecule has 1 aliphatic carbocycles. The Labute approximate surface area is 184 Å². The smallest absolute Gasteiger partial charge is 0.261 e. The van der Waals surface area contributed by atoms with E-state index in [2.05, 4.69) is 15.7 Å². The largest absolute Gasteiger partial charge is 0.343 e. The van der Waals surface area contributed by atoms with Crippen molar-refractivity contribution in [3.8, 4) is 0 Å². The van der Waals surface area contributed by atoms with E-state index in [4.69, 9.17) is 11.6 Å². The highest BCUT2D eigenvalue weighted by Crippen LogP contribution is 2.43. The van der Waals surface area contributed by atoms with Crippen LogP contribution in [0.1, 0.15) is 46.8 Å². The molecule has 3 aromatic rings. The lowest BCUT2D eigenvalue weighted by molar-refractivity contribution is -0.116. The minimum atomic E-state index is -0.464. The first-order valence-electron chi connectivity index (χ1n) is 10.3. The number of ketones is 1. The third-order valence-corrected chi connectivity index (χ3v) is 6.14. The summed E-state index contributed by atoms with van der Waals surface area (Å²) >= 11 is 6.52. The Balaban J connectivity index is 1.58. The number of aryl methyl sites for hydroxylation is 1. The maximum absolute atomic E-state index is 13.1. The highest BCUT2D eigenvalue weighted by molar-refractivity contribution is 6.31. The molecule has 0 saturated heterocycles. The fourth-order valence-corrected chi connectivity index (χ4v) is 4.48. The van der Waals surface area contributed by atoms with E-state index in [1.165, 1.54) is 0 Å². The van der Waals surface area contributed by atoms with E-state index in [1.54, 1.807) is 16.9 Å². The first kappa shape index (κ1) is 19.6. The Hall–Kier alpha value is -3.38. The van der Waals surface area contributed by atoms with E-state index in [9.17, 15) is 9.59 Å². The van der Waals surface area contributed by atoms with Gasteiger partial charge in [0.15, 0.2) is 5.78 Å². The van der Waals surface area contributed by atoms with Gasteiger partial charge in [0.05, 0.1) is 6.20 Å². The molecule has 2 aliphatic rings. The zero-order valence-corrected chi connectivity index (χ0v) is 17.7. The van der Waals surface area contributed by atoms with Crippen molar-refractivity contribution in [3.63, 3.8) is 0 Å². The van der Waals surface area contributed by atoms with E-state index in [0.717, 1.165) is 29.7 Å². The summed E-state index contributed by atoms with van der Waals surface area (Å²) in [6.07, 6.45) is 3.56. The van der Waals surface area contributed by atoms with Gasteiger partial charge >= 0.3 is 0 Å². The molecule has 0 unspecified atom stereocenters. The van der Waals surface area contributed by atoms with Crippen LogP contribution in [0.5, 0.6) is 0 Å².